The summed E-state index contributed by atoms with van der Waals surface area (Å²) in [6.45, 7) is 1.65. The van der Waals surface area contributed by atoms with Crippen molar-refractivity contribution in [2.24, 2.45) is 5.16 Å². The first-order valence-corrected chi connectivity index (χ1v) is 9.86. The first-order valence-electron chi connectivity index (χ1n) is 6.97. The molecule has 1 fully saturated rings. The minimum absolute atomic E-state index is 0. The van der Waals surface area contributed by atoms with Gasteiger partial charge >= 0.3 is 181 Å². The zero-order valence-electron chi connectivity index (χ0n) is 14.8. The van der Waals surface area contributed by atoms with E-state index in [0.717, 1.165) is 0 Å². The molecule has 0 spiro atoms. The number of carboxylic acid groups (broad SMARTS) is 1. The summed E-state index contributed by atoms with van der Waals surface area (Å²) in [4.78, 5) is 42.7. The van der Waals surface area contributed by atoms with Crippen molar-refractivity contribution >= 4 is 54.5 Å². The fourth-order valence-electron chi connectivity index (χ4n) is 2.59. The molecule has 3 heterocycles. The third-order valence-electron chi connectivity index (χ3n) is 3.73. The number of hydrogen-bond donors (Lipinski definition) is 4. The molecular formula is C13H14N5NaO5SSe. The van der Waals surface area contributed by atoms with Crippen LogP contribution in [0.2, 0.25) is 0 Å². The molecule has 0 saturated carbocycles. The molecule has 2 aliphatic rings. The Morgan fingerprint density at radius 2 is 2.27 bits per heavy atom. The number of nitrogen functional groups attached to an aromatic ring is 1. The van der Waals surface area contributed by atoms with Crippen LogP contribution in [-0.4, -0.2) is 75.4 Å². The molecule has 1 saturated heterocycles. The minimum atomic E-state index is -1.18. The Kier molecular flexibility index (Phi) is 6.59. The Labute approximate surface area is 181 Å². The van der Waals surface area contributed by atoms with E-state index in [2.05, 4.69) is 15.5 Å². The number of carboxylic acids is 1. The molecule has 0 aliphatic carbocycles. The fraction of sp³-hybridized carbons (Fsp3) is 0.308. The molecule has 3 rings (SSSR count). The van der Waals surface area contributed by atoms with Gasteiger partial charge in [-0.25, -0.2) is 0 Å². The summed E-state index contributed by atoms with van der Waals surface area (Å²) in [5.41, 5.74) is 5.92. The second-order valence-corrected chi connectivity index (χ2v) is 8.29. The molecule has 0 unspecified atom stereocenters. The molecule has 1 aromatic heterocycles. The first-order chi connectivity index (χ1) is 11.8. The molecule has 0 aromatic carbocycles. The maximum Gasteiger partial charge on any atom is 1.00 e. The van der Waals surface area contributed by atoms with Crippen LogP contribution in [0.25, 0.3) is 0 Å². The van der Waals surface area contributed by atoms with E-state index in [0.29, 0.717) is 16.0 Å². The van der Waals surface area contributed by atoms with E-state index in [1.165, 1.54) is 16.7 Å². The van der Waals surface area contributed by atoms with E-state index in [4.69, 9.17) is 10.9 Å². The number of anilines is 1. The summed E-state index contributed by atoms with van der Waals surface area (Å²) in [6.07, 6.45) is 0. The monoisotopic (exact) mass is 455 g/mol. The molecule has 26 heavy (non-hydrogen) atoms. The predicted octanol–water partition coefficient (Wildman–Crippen LogP) is -4.23. The molecule has 2 amide bonds. The van der Waals surface area contributed by atoms with Gasteiger partial charge in [0.25, 0.3) is 0 Å². The van der Waals surface area contributed by atoms with Crippen molar-refractivity contribution in [3.05, 3.63) is 21.9 Å². The SMILES string of the molecule is CC1=C(C(=O)O)N2C(=O)[C@@H](NC(=O)/C(=N\O)c3c[se]c(N)n3)[C@H]2SC1.[H-].[Na+]. The second-order valence-electron chi connectivity index (χ2n) is 5.31. The summed E-state index contributed by atoms with van der Waals surface area (Å²) in [6, 6.07) is -0.898. The minimum Gasteiger partial charge on any atom is -1.00 e. The van der Waals surface area contributed by atoms with Gasteiger partial charge in [0.05, 0.1) is 0 Å². The van der Waals surface area contributed by atoms with E-state index in [1.807, 2.05) is 0 Å². The van der Waals surface area contributed by atoms with Crippen LogP contribution in [0.5, 0.6) is 0 Å². The van der Waals surface area contributed by atoms with Crippen LogP contribution in [0.15, 0.2) is 21.4 Å². The number of nitrogens with two attached hydrogens (primary N) is 1. The molecule has 5 N–H and O–H groups in total. The van der Waals surface area contributed by atoms with Crippen molar-refractivity contribution in [3.63, 3.8) is 0 Å². The summed E-state index contributed by atoms with van der Waals surface area (Å²) in [5, 5.41) is 23.3. The van der Waals surface area contributed by atoms with Crippen LogP contribution >= 0.6 is 11.8 Å². The predicted molar refractivity (Wildman–Crippen MR) is 90.4 cm³/mol. The summed E-state index contributed by atoms with van der Waals surface area (Å²) in [7, 11) is 0. The zero-order chi connectivity index (χ0) is 18.3. The van der Waals surface area contributed by atoms with Gasteiger partial charge in [-0.15, -0.1) is 0 Å². The van der Waals surface area contributed by atoms with Crippen LogP contribution in [0.1, 0.15) is 14.0 Å². The summed E-state index contributed by atoms with van der Waals surface area (Å²) >= 11 is 1.14. The zero-order valence-corrected chi connectivity index (χ0v) is 18.3. The van der Waals surface area contributed by atoms with Gasteiger partial charge in [-0.2, -0.15) is 0 Å². The molecular weight excluding hydrogens is 440 g/mol. The normalized spacial score (nSPS) is 22.3. The Balaban J connectivity index is 0.00000182. The number of aromatic nitrogens is 1. The smallest absolute Gasteiger partial charge is 1.00 e. The molecule has 134 valence electrons. The van der Waals surface area contributed by atoms with Crippen molar-refractivity contribution < 1.29 is 55.7 Å². The van der Waals surface area contributed by atoms with Crippen molar-refractivity contribution in [3.8, 4) is 0 Å². The van der Waals surface area contributed by atoms with Crippen LogP contribution in [-0.2, 0) is 14.4 Å². The molecule has 13 heteroatoms. The quantitative estimate of drug-likeness (QED) is 0.117. The van der Waals surface area contributed by atoms with Gasteiger partial charge in [0.2, 0.25) is 0 Å². The molecule has 2 atom stereocenters. The number of nitrogens with one attached hydrogen (secondary N) is 1. The third kappa shape index (κ3) is 3.57. The van der Waals surface area contributed by atoms with Crippen LogP contribution in [0, 0.1) is 0 Å². The van der Waals surface area contributed by atoms with Gasteiger partial charge in [-0.05, 0) is 0 Å². The van der Waals surface area contributed by atoms with E-state index in [1.54, 1.807) is 11.9 Å². The van der Waals surface area contributed by atoms with E-state index >= 15 is 0 Å². The van der Waals surface area contributed by atoms with Gasteiger partial charge in [0.1, 0.15) is 0 Å². The first kappa shape index (κ1) is 21.0. The van der Waals surface area contributed by atoms with Gasteiger partial charge in [0, 0.05) is 0 Å². The maximum atomic E-state index is 12.3. The maximum absolute atomic E-state index is 12.3. The van der Waals surface area contributed by atoms with E-state index in [9.17, 15) is 19.5 Å². The number of rotatable bonds is 4. The number of carbonyl (C=O) groups is 3. The van der Waals surface area contributed by atoms with E-state index in [-0.39, 0.29) is 62.6 Å². The average molecular weight is 454 g/mol. The topological polar surface area (TPSA) is 158 Å². The number of amides is 2. The molecule has 10 nitrogen and oxygen atoms in total. The van der Waals surface area contributed by atoms with Crippen molar-refractivity contribution in [1.29, 1.82) is 0 Å². The number of oxime groups is 1. The number of nitrogens with zero attached hydrogens (tertiary/aromatic N) is 3. The van der Waals surface area contributed by atoms with Crippen LogP contribution < -0.4 is 40.6 Å². The van der Waals surface area contributed by atoms with Gasteiger partial charge in [-0.3, -0.25) is 0 Å². The third-order valence-corrected chi connectivity index (χ3v) is 6.57. The van der Waals surface area contributed by atoms with Gasteiger partial charge < -0.3 is 1.43 Å². The van der Waals surface area contributed by atoms with Crippen LogP contribution in [0.3, 0.4) is 0 Å². The largest absolute Gasteiger partial charge is 1.00 e. The number of hydrogen-bond acceptors (Lipinski definition) is 8. The molecule has 2 aliphatic heterocycles. The van der Waals surface area contributed by atoms with Crippen LogP contribution in [0.4, 0.5) is 4.69 Å². The van der Waals surface area contributed by atoms with Crippen molar-refractivity contribution in [2.45, 2.75) is 18.3 Å². The van der Waals surface area contributed by atoms with E-state index < -0.39 is 29.2 Å². The second kappa shape index (κ2) is 8.15. The number of aliphatic carboxylic acids is 1. The Hall–Kier alpha value is -1.30. The van der Waals surface area contributed by atoms with Crippen molar-refractivity contribution in [1.82, 2.24) is 15.2 Å². The standard InChI is InChI=1S/C13H13N5O5SSe.Na.H/c1-4-2-24-11-7(10(20)18(11)8(4)12(21)22)16-9(19)6(17-23)5-3-25-13(14)15-5;;/h3,7,11,23H,2H2,1H3,(H2,14,15)(H,16,19)(H,21,22);;/q;+1;-1/b17-6-;;/t7-,11-;;/m1../s1. The van der Waals surface area contributed by atoms with Crippen molar-refractivity contribution in [2.75, 3.05) is 11.5 Å². The average Bonchev–Trinajstić information content (AvgIpc) is 2.98. The molecule has 0 radical (unpaired) electrons. The Bertz CT molecular complexity index is 847. The molecule has 0 bridgehead atoms. The summed E-state index contributed by atoms with van der Waals surface area (Å²) in [5.74, 6) is -2.03. The number of carbonyl (C=O) groups excluding carboxylic acids is 2. The number of β-lactam (4-membered cyclic amide) rings is 1. The van der Waals surface area contributed by atoms with Gasteiger partial charge in [0.15, 0.2) is 0 Å². The molecule has 1 aromatic rings. The number of fused-ring (bicyclic) bond motifs is 1. The number of thioether (sulfide) groups is 1. The Morgan fingerprint density at radius 1 is 1.58 bits per heavy atom. The summed E-state index contributed by atoms with van der Waals surface area (Å²) < 4.78 is 0.344. The van der Waals surface area contributed by atoms with Gasteiger partial charge in [-0.1, -0.05) is 0 Å². The fourth-order valence-corrected chi connectivity index (χ4v) is 5.04. The Morgan fingerprint density at radius 3 is 2.81 bits per heavy atom.